The van der Waals surface area contributed by atoms with Crippen molar-refractivity contribution < 1.29 is 0 Å². The Morgan fingerprint density at radius 2 is 1.89 bits per heavy atom. The second kappa shape index (κ2) is 5.74. The predicted molar refractivity (Wildman–Crippen MR) is 83.6 cm³/mol. The van der Waals surface area contributed by atoms with E-state index in [1.807, 2.05) is 12.1 Å². The highest BCUT2D eigenvalue weighted by Gasteiger charge is 2.11. The zero-order chi connectivity index (χ0) is 13.3. The zero-order valence-electron chi connectivity index (χ0n) is 10.3. The monoisotopic (exact) mass is 343 g/mol. The van der Waals surface area contributed by atoms with E-state index in [2.05, 4.69) is 41.9 Å². The Kier molecular flexibility index (Phi) is 4.49. The van der Waals surface area contributed by atoms with Crippen LogP contribution in [0.2, 0.25) is 4.34 Å². The van der Waals surface area contributed by atoms with Gasteiger partial charge in [0, 0.05) is 21.8 Å². The minimum atomic E-state index is 0.0187. The first kappa shape index (κ1) is 14.1. The van der Waals surface area contributed by atoms with Gasteiger partial charge in [0.1, 0.15) is 0 Å². The van der Waals surface area contributed by atoms with Crippen LogP contribution in [0.1, 0.15) is 27.6 Å². The van der Waals surface area contributed by atoms with Crippen molar-refractivity contribution in [2.24, 2.45) is 5.73 Å². The fraction of sp³-hybridized carbons (Fsp3) is 0.286. The Morgan fingerprint density at radius 1 is 1.28 bits per heavy atom. The second-order valence-electron chi connectivity index (χ2n) is 4.49. The summed E-state index contributed by atoms with van der Waals surface area (Å²) in [5.74, 6) is 0. The molecule has 18 heavy (non-hydrogen) atoms. The van der Waals surface area contributed by atoms with Crippen molar-refractivity contribution in [3.63, 3.8) is 0 Å². The second-order valence-corrected chi connectivity index (χ2v) is 7.08. The molecule has 0 aliphatic heterocycles. The molecule has 0 spiro atoms. The van der Waals surface area contributed by atoms with E-state index in [0.29, 0.717) is 0 Å². The van der Waals surface area contributed by atoms with Crippen LogP contribution >= 0.6 is 38.9 Å². The lowest BCUT2D eigenvalue weighted by molar-refractivity contribution is 0.728. The van der Waals surface area contributed by atoms with Crippen LogP contribution in [0.3, 0.4) is 0 Å². The first-order valence-corrected chi connectivity index (χ1v) is 7.72. The van der Waals surface area contributed by atoms with Gasteiger partial charge in [-0.15, -0.1) is 11.3 Å². The quantitative estimate of drug-likeness (QED) is 0.831. The van der Waals surface area contributed by atoms with Crippen LogP contribution < -0.4 is 5.73 Å². The molecule has 1 nitrogen and oxygen atoms in total. The lowest BCUT2D eigenvalue weighted by Gasteiger charge is -2.14. The van der Waals surface area contributed by atoms with Gasteiger partial charge in [-0.1, -0.05) is 39.7 Å². The normalized spacial score (nSPS) is 12.7. The Hall–Kier alpha value is -0.350. The van der Waals surface area contributed by atoms with Gasteiger partial charge in [-0.2, -0.15) is 0 Å². The topological polar surface area (TPSA) is 26.0 Å². The van der Waals surface area contributed by atoms with Crippen molar-refractivity contribution in [2.75, 3.05) is 0 Å². The number of hydrogen-bond acceptors (Lipinski definition) is 2. The van der Waals surface area contributed by atoms with Crippen molar-refractivity contribution in [1.29, 1.82) is 0 Å². The highest BCUT2D eigenvalue weighted by molar-refractivity contribution is 9.10. The summed E-state index contributed by atoms with van der Waals surface area (Å²) < 4.78 is 1.98. The van der Waals surface area contributed by atoms with Gasteiger partial charge < -0.3 is 5.73 Å². The molecule has 96 valence electrons. The third-order valence-electron chi connectivity index (χ3n) is 2.94. The standard InChI is InChI=1S/C14H15BrClNS/c1-8-5-10(6-9(2)14(8)15)12(17)7-11-3-4-13(16)18-11/h3-6,12H,7,17H2,1-2H3. The van der Waals surface area contributed by atoms with Gasteiger partial charge in [-0.25, -0.2) is 0 Å². The Bertz CT molecular complexity index is 542. The van der Waals surface area contributed by atoms with E-state index >= 15 is 0 Å². The van der Waals surface area contributed by atoms with E-state index in [1.54, 1.807) is 11.3 Å². The molecule has 1 atom stereocenters. The minimum absolute atomic E-state index is 0.0187. The van der Waals surface area contributed by atoms with Crippen LogP contribution in [0.5, 0.6) is 0 Å². The number of halogens is 2. The molecule has 1 heterocycles. The summed E-state index contributed by atoms with van der Waals surface area (Å²) in [7, 11) is 0. The maximum Gasteiger partial charge on any atom is 0.0931 e. The van der Waals surface area contributed by atoms with E-state index in [4.69, 9.17) is 17.3 Å². The maximum absolute atomic E-state index is 6.27. The molecule has 0 aliphatic rings. The van der Waals surface area contributed by atoms with Gasteiger partial charge in [0.05, 0.1) is 4.34 Å². The number of aryl methyl sites for hydroxylation is 2. The molecule has 2 N–H and O–H groups in total. The first-order chi connectivity index (χ1) is 8.47. The molecule has 0 radical (unpaired) electrons. The van der Waals surface area contributed by atoms with Crippen molar-refractivity contribution in [3.8, 4) is 0 Å². The van der Waals surface area contributed by atoms with Crippen LogP contribution in [0, 0.1) is 13.8 Å². The molecular formula is C14H15BrClNS. The van der Waals surface area contributed by atoms with E-state index in [1.165, 1.54) is 21.6 Å². The number of benzene rings is 1. The molecule has 0 fully saturated rings. The van der Waals surface area contributed by atoms with Crippen LogP contribution in [0.25, 0.3) is 0 Å². The molecule has 0 bridgehead atoms. The summed E-state index contributed by atoms with van der Waals surface area (Å²) in [6.45, 7) is 4.19. The zero-order valence-corrected chi connectivity index (χ0v) is 13.5. The largest absolute Gasteiger partial charge is 0.324 e. The van der Waals surface area contributed by atoms with Crippen molar-refractivity contribution in [3.05, 3.63) is 54.6 Å². The van der Waals surface area contributed by atoms with Crippen molar-refractivity contribution >= 4 is 38.9 Å². The lowest BCUT2D eigenvalue weighted by Crippen LogP contribution is -2.13. The molecular weight excluding hydrogens is 330 g/mol. The molecule has 2 rings (SSSR count). The first-order valence-electron chi connectivity index (χ1n) is 5.74. The molecule has 0 saturated carbocycles. The Labute approximate surface area is 125 Å². The fourth-order valence-corrected chi connectivity index (χ4v) is 3.36. The number of thiophene rings is 1. The van der Waals surface area contributed by atoms with Crippen LogP contribution in [-0.4, -0.2) is 0 Å². The minimum Gasteiger partial charge on any atom is -0.324 e. The van der Waals surface area contributed by atoms with E-state index in [9.17, 15) is 0 Å². The van der Waals surface area contributed by atoms with E-state index < -0.39 is 0 Å². The van der Waals surface area contributed by atoms with Gasteiger partial charge >= 0.3 is 0 Å². The van der Waals surface area contributed by atoms with Gasteiger partial charge in [0.2, 0.25) is 0 Å². The lowest BCUT2D eigenvalue weighted by atomic mass is 9.99. The summed E-state index contributed by atoms with van der Waals surface area (Å²) in [4.78, 5) is 1.23. The fourth-order valence-electron chi connectivity index (χ4n) is 1.99. The van der Waals surface area contributed by atoms with Crippen molar-refractivity contribution in [2.45, 2.75) is 26.3 Å². The van der Waals surface area contributed by atoms with Gasteiger partial charge in [0.15, 0.2) is 0 Å². The number of nitrogens with two attached hydrogens (primary N) is 1. The molecule has 1 unspecified atom stereocenters. The van der Waals surface area contributed by atoms with Gasteiger partial charge in [-0.3, -0.25) is 0 Å². The predicted octanol–water partition coefficient (Wildman–Crippen LogP) is 5.02. The average Bonchev–Trinajstić information content (AvgIpc) is 2.71. The summed E-state index contributed by atoms with van der Waals surface area (Å²) in [5, 5.41) is 0. The highest BCUT2D eigenvalue weighted by atomic mass is 79.9. The molecule has 1 aromatic heterocycles. The van der Waals surface area contributed by atoms with Crippen LogP contribution in [-0.2, 0) is 6.42 Å². The Balaban J connectivity index is 2.21. The molecule has 2 aromatic rings. The summed E-state index contributed by atoms with van der Waals surface area (Å²) >= 11 is 11.1. The maximum atomic E-state index is 6.27. The molecule has 0 saturated heterocycles. The van der Waals surface area contributed by atoms with Crippen molar-refractivity contribution in [1.82, 2.24) is 0 Å². The summed E-state index contributed by atoms with van der Waals surface area (Å²) in [6.07, 6.45) is 0.831. The van der Waals surface area contributed by atoms with Gasteiger partial charge in [0.25, 0.3) is 0 Å². The highest BCUT2D eigenvalue weighted by Crippen LogP contribution is 2.28. The summed E-state index contributed by atoms with van der Waals surface area (Å²) in [5.41, 5.74) is 9.90. The number of hydrogen-bond donors (Lipinski definition) is 1. The Morgan fingerprint density at radius 3 is 2.39 bits per heavy atom. The molecule has 0 amide bonds. The smallest absolute Gasteiger partial charge is 0.0931 e. The molecule has 4 heteroatoms. The SMILES string of the molecule is Cc1cc(C(N)Cc2ccc(Cl)s2)cc(C)c1Br. The van der Waals surface area contributed by atoms with Crippen LogP contribution in [0.4, 0.5) is 0 Å². The molecule has 0 aliphatic carbocycles. The van der Waals surface area contributed by atoms with E-state index in [-0.39, 0.29) is 6.04 Å². The number of rotatable bonds is 3. The molecule has 1 aromatic carbocycles. The summed E-state index contributed by atoms with van der Waals surface area (Å²) in [6, 6.07) is 8.29. The van der Waals surface area contributed by atoms with Crippen LogP contribution in [0.15, 0.2) is 28.7 Å². The van der Waals surface area contributed by atoms with E-state index in [0.717, 1.165) is 15.2 Å². The van der Waals surface area contributed by atoms with Gasteiger partial charge in [-0.05, 0) is 42.7 Å². The third-order valence-corrected chi connectivity index (χ3v) is 5.44. The average molecular weight is 345 g/mol. The third kappa shape index (κ3) is 3.15.